The molecule has 0 saturated heterocycles. The third kappa shape index (κ3) is 5.89. The largest absolute Gasteiger partial charge is 0.310 e. The topological polar surface area (TPSA) is 11.4 Å². The molecule has 9 aromatic carbocycles. The highest BCUT2D eigenvalue weighted by Crippen LogP contribution is 2.48. The van der Waals surface area contributed by atoms with Gasteiger partial charge in [0.2, 0.25) is 0 Å². The molecule has 0 amide bonds. The lowest BCUT2D eigenvalue weighted by molar-refractivity contribution is 1.18. The Kier molecular flexibility index (Phi) is 8.16. The smallest absolute Gasteiger partial charge is 0.0583 e. The van der Waals surface area contributed by atoms with Crippen molar-refractivity contribution < 1.29 is 0 Å². The van der Waals surface area contributed by atoms with Crippen molar-refractivity contribution in [2.75, 3.05) is 9.80 Å². The van der Waals surface area contributed by atoms with E-state index in [4.69, 9.17) is 0 Å². The van der Waals surface area contributed by atoms with E-state index in [9.17, 15) is 0 Å². The number of fused-ring (bicyclic) bond motifs is 4. The van der Waals surface area contributed by atoms with Crippen LogP contribution in [-0.4, -0.2) is 4.57 Å². The van der Waals surface area contributed by atoms with Gasteiger partial charge in [-0.25, -0.2) is 0 Å². The van der Waals surface area contributed by atoms with Gasteiger partial charge >= 0.3 is 0 Å². The summed E-state index contributed by atoms with van der Waals surface area (Å²) in [5.41, 5.74) is 12.2. The Morgan fingerprint density at radius 2 is 0.855 bits per heavy atom. The lowest BCUT2D eigenvalue weighted by atomic mass is 10.0. The fraction of sp³-hybridized carbons (Fsp3) is 0. The number of rotatable bonds is 8. The van der Waals surface area contributed by atoms with Crippen LogP contribution in [-0.2, 0) is 0 Å². The Hall–Kier alpha value is -7.36. The summed E-state index contributed by atoms with van der Waals surface area (Å²) >= 11 is 0. The van der Waals surface area contributed by atoms with E-state index >= 15 is 0 Å². The van der Waals surface area contributed by atoms with Gasteiger partial charge < -0.3 is 14.4 Å². The van der Waals surface area contributed by atoms with Gasteiger partial charge in [0.05, 0.1) is 22.4 Å². The first kappa shape index (κ1) is 32.3. The number of benzene rings is 9. The molecule has 0 N–H and O–H groups in total. The van der Waals surface area contributed by atoms with Gasteiger partial charge in [-0.1, -0.05) is 146 Å². The second kappa shape index (κ2) is 13.9. The van der Waals surface area contributed by atoms with Crippen molar-refractivity contribution in [2.45, 2.75) is 0 Å². The molecule has 0 fully saturated rings. The Labute approximate surface area is 321 Å². The first-order valence-electron chi connectivity index (χ1n) is 18.8. The van der Waals surface area contributed by atoms with Gasteiger partial charge in [-0.05, 0) is 101 Å². The molecule has 55 heavy (non-hydrogen) atoms. The fourth-order valence-corrected chi connectivity index (χ4v) is 8.02. The molecular weight excluding hydrogens is 667 g/mol. The zero-order valence-electron chi connectivity index (χ0n) is 30.2. The van der Waals surface area contributed by atoms with E-state index in [-0.39, 0.29) is 0 Å². The van der Waals surface area contributed by atoms with Gasteiger partial charge in [0.1, 0.15) is 0 Å². The maximum absolute atomic E-state index is 2.45. The van der Waals surface area contributed by atoms with Crippen LogP contribution in [0.1, 0.15) is 0 Å². The number of nitrogens with zero attached hydrogens (tertiary/aromatic N) is 3. The van der Waals surface area contributed by atoms with Crippen molar-refractivity contribution >= 4 is 66.7 Å². The summed E-state index contributed by atoms with van der Waals surface area (Å²) in [5, 5.41) is 4.81. The van der Waals surface area contributed by atoms with Crippen molar-refractivity contribution in [3.63, 3.8) is 0 Å². The monoisotopic (exact) mass is 703 g/mol. The lowest BCUT2D eigenvalue weighted by Crippen LogP contribution is -2.14. The second-order valence-corrected chi connectivity index (χ2v) is 13.8. The van der Waals surface area contributed by atoms with Gasteiger partial charge in [0.25, 0.3) is 0 Å². The Morgan fingerprint density at radius 1 is 0.309 bits per heavy atom. The predicted molar refractivity (Wildman–Crippen MR) is 233 cm³/mol. The molecule has 0 unspecified atom stereocenters. The van der Waals surface area contributed by atoms with Crippen LogP contribution in [0.2, 0.25) is 0 Å². The maximum atomic E-state index is 2.45. The van der Waals surface area contributed by atoms with Crippen LogP contribution in [0.4, 0.5) is 34.1 Å². The van der Waals surface area contributed by atoms with E-state index < -0.39 is 0 Å². The maximum Gasteiger partial charge on any atom is 0.0583 e. The third-order valence-electron chi connectivity index (χ3n) is 10.5. The molecule has 10 aromatic rings. The summed E-state index contributed by atoms with van der Waals surface area (Å²) in [6.07, 6.45) is 0. The minimum absolute atomic E-state index is 1.06. The normalized spacial score (nSPS) is 11.3. The summed E-state index contributed by atoms with van der Waals surface area (Å²) < 4.78 is 2.45. The molecule has 0 saturated carbocycles. The van der Waals surface area contributed by atoms with Gasteiger partial charge in [-0.2, -0.15) is 0 Å². The number of hydrogen-bond acceptors (Lipinski definition) is 2. The molecule has 0 spiro atoms. The molecule has 1 heterocycles. The molecule has 1 aromatic heterocycles. The van der Waals surface area contributed by atoms with Gasteiger partial charge in [0.15, 0.2) is 0 Å². The first-order chi connectivity index (χ1) is 27.3. The van der Waals surface area contributed by atoms with Crippen molar-refractivity contribution in [2.24, 2.45) is 0 Å². The molecular formula is C52H37N3. The average Bonchev–Trinajstić information content (AvgIpc) is 3.60. The molecule has 0 atom stereocenters. The highest BCUT2D eigenvalue weighted by molar-refractivity contribution is 6.18. The molecule has 0 aliphatic heterocycles. The van der Waals surface area contributed by atoms with Crippen molar-refractivity contribution in [1.29, 1.82) is 0 Å². The second-order valence-electron chi connectivity index (χ2n) is 13.8. The van der Waals surface area contributed by atoms with Crippen molar-refractivity contribution in [3.8, 4) is 16.8 Å². The van der Waals surface area contributed by atoms with Crippen LogP contribution >= 0.6 is 0 Å². The van der Waals surface area contributed by atoms with Crippen LogP contribution in [0, 0.1) is 0 Å². The molecule has 3 heteroatoms. The highest BCUT2D eigenvalue weighted by atomic mass is 15.2. The van der Waals surface area contributed by atoms with E-state index in [2.05, 4.69) is 239 Å². The standard InChI is InChI=1S/C52H37N3/c1-5-18-38(19-6-1)41-22-17-29-45(34-41)54(44-27-11-4-12-28-44)50-36-47(53(42-23-7-2-8-24-42)43-25-9-3-10-26-43)37-51-52(50)48-30-15-16-31-49(48)55(51)46-33-32-39-20-13-14-21-40(39)35-46/h1-37H. The molecule has 10 rings (SSSR count). The quantitative estimate of drug-likeness (QED) is 0.156. The number of hydrogen-bond donors (Lipinski definition) is 0. The minimum Gasteiger partial charge on any atom is -0.310 e. The molecule has 0 aliphatic rings. The summed E-state index contributed by atoms with van der Waals surface area (Å²) in [4.78, 5) is 4.80. The third-order valence-corrected chi connectivity index (χ3v) is 10.5. The Morgan fingerprint density at radius 3 is 1.55 bits per heavy atom. The first-order valence-corrected chi connectivity index (χ1v) is 18.8. The summed E-state index contributed by atoms with van der Waals surface area (Å²) in [6, 6.07) is 80.7. The van der Waals surface area contributed by atoms with E-state index in [0.717, 1.165) is 50.8 Å². The molecule has 260 valence electrons. The zero-order valence-corrected chi connectivity index (χ0v) is 30.2. The molecule has 0 aliphatic carbocycles. The summed E-state index contributed by atoms with van der Waals surface area (Å²) in [6.45, 7) is 0. The van der Waals surface area contributed by atoms with E-state index in [1.54, 1.807) is 0 Å². The van der Waals surface area contributed by atoms with Gasteiger partial charge in [-0.15, -0.1) is 0 Å². The molecule has 0 radical (unpaired) electrons. The molecule has 3 nitrogen and oxygen atoms in total. The lowest BCUT2D eigenvalue weighted by Gasteiger charge is -2.30. The summed E-state index contributed by atoms with van der Waals surface area (Å²) in [5.74, 6) is 0. The number of aromatic nitrogens is 1. The highest BCUT2D eigenvalue weighted by Gasteiger charge is 2.25. The molecule has 0 bridgehead atoms. The Bertz CT molecular complexity index is 2880. The SMILES string of the molecule is c1ccc(-c2cccc(N(c3ccccc3)c3cc(N(c4ccccc4)c4ccccc4)cc4c3c3ccccc3n4-c3ccc4ccccc4c3)c2)cc1. The van der Waals surface area contributed by atoms with Crippen molar-refractivity contribution in [1.82, 2.24) is 4.57 Å². The number of para-hydroxylation sites is 4. The van der Waals surface area contributed by atoms with Crippen LogP contribution in [0.15, 0.2) is 224 Å². The van der Waals surface area contributed by atoms with E-state index in [0.29, 0.717) is 0 Å². The van der Waals surface area contributed by atoms with E-state index in [1.807, 2.05) is 0 Å². The van der Waals surface area contributed by atoms with Crippen LogP contribution < -0.4 is 9.80 Å². The van der Waals surface area contributed by atoms with Crippen LogP contribution in [0.3, 0.4) is 0 Å². The Balaban J connectivity index is 1.33. The van der Waals surface area contributed by atoms with Crippen molar-refractivity contribution in [3.05, 3.63) is 224 Å². The number of anilines is 6. The zero-order chi connectivity index (χ0) is 36.6. The van der Waals surface area contributed by atoms with Crippen LogP contribution in [0.5, 0.6) is 0 Å². The average molecular weight is 704 g/mol. The van der Waals surface area contributed by atoms with Crippen LogP contribution in [0.25, 0.3) is 49.4 Å². The van der Waals surface area contributed by atoms with Gasteiger partial charge in [0, 0.05) is 39.2 Å². The predicted octanol–water partition coefficient (Wildman–Crippen LogP) is 14.5. The fourth-order valence-electron chi connectivity index (χ4n) is 8.02. The van der Waals surface area contributed by atoms with E-state index in [1.165, 1.54) is 32.7 Å². The minimum atomic E-state index is 1.06. The summed E-state index contributed by atoms with van der Waals surface area (Å²) in [7, 11) is 0. The van der Waals surface area contributed by atoms with Gasteiger partial charge in [-0.3, -0.25) is 0 Å².